The highest BCUT2D eigenvalue weighted by Crippen LogP contribution is 2.17. The Morgan fingerprint density at radius 3 is 2.29 bits per heavy atom. The van der Waals surface area contributed by atoms with E-state index in [0.717, 1.165) is 0 Å². The average Bonchev–Trinajstić information content (AvgIpc) is 2.47. The molecule has 0 heterocycles. The third-order valence-corrected chi connectivity index (χ3v) is 4.44. The second-order valence-electron chi connectivity index (χ2n) is 5.82. The van der Waals surface area contributed by atoms with Crippen molar-refractivity contribution in [2.45, 2.75) is 45.3 Å². The number of esters is 1. The number of ether oxygens (including phenoxy) is 2. The molecule has 0 bridgehead atoms. The number of hydrogen-bond donors (Lipinski definition) is 5. The van der Waals surface area contributed by atoms with E-state index in [2.05, 4.69) is 0 Å². The van der Waals surface area contributed by atoms with Crippen LogP contribution in [0.1, 0.15) is 33.1 Å². The van der Waals surface area contributed by atoms with Crippen molar-refractivity contribution in [3.63, 3.8) is 0 Å². The van der Waals surface area contributed by atoms with E-state index < -0.39 is 38.7 Å². The molecule has 142 valence electrons. The maximum absolute atomic E-state index is 11.8. The maximum Gasteiger partial charge on any atom is 0.492 e. The van der Waals surface area contributed by atoms with Crippen LogP contribution in [0, 0.1) is 11.8 Å². The van der Waals surface area contributed by atoms with E-state index in [1.807, 2.05) is 0 Å². The van der Waals surface area contributed by atoms with Gasteiger partial charge in [0.2, 0.25) is 0 Å². The van der Waals surface area contributed by atoms with Gasteiger partial charge in [0, 0.05) is 12.7 Å². The van der Waals surface area contributed by atoms with Crippen LogP contribution in [-0.2, 0) is 19.1 Å². The van der Waals surface area contributed by atoms with Crippen molar-refractivity contribution in [1.82, 2.24) is 0 Å². The van der Waals surface area contributed by atoms with E-state index in [4.69, 9.17) is 29.0 Å². The maximum atomic E-state index is 11.8. The number of rotatable bonds is 13. The normalized spacial score (nSPS) is 15.6. The smallest absolute Gasteiger partial charge is 0.481 e. The molecule has 3 unspecified atom stereocenters. The summed E-state index contributed by atoms with van der Waals surface area (Å²) in [5.41, 5.74) is 0. The molecule has 0 aliphatic heterocycles. The van der Waals surface area contributed by atoms with Crippen molar-refractivity contribution >= 4 is 20.7 Å². The molecule has 24 heavy (non-hydrogen) atoms. The van der Waals surface area contributed by atoms with Crippen molar-refractivity contribution in [2.75, 3.05) is 19.8 Å². The number of carbonyl (C=O) groups excluding carboxylic acids is 1. The van der Waals surface area contributed by atoms with Gasteiger partial charge in [0.05, 0.1) is 18.4 Å². The topological polar surface area (TPSA) is 154 Å². The molecule has 0 aliphatic rings. The minimum absolute atomic E-state index is 0.106. The quantitative estimate of drug-likeness (QED) is 0.162. The molecular weight excluding hydrogens is 340 g/mol. The van der Waals surface area contributed by atoms with E-state index >= 15 is 0 Å². The summed E-state index contributed by atoms with van der Waals surface area (Å²) in [6.07, 6.45) is -0.218. The summed E-state index contributed by atoms with van der Waals surface area (Å²) in [4.78, 5) is 49.1. The van der Waals surface area contributed by atoms with Crippen LogP contribution < -0.4 is 0 Å². The summed E-state index contributed by atoms with van der Waals surface area (Å²) in [5, 5.41) is 18.6. The predicted octanol–water partition coefficient (Wildman–Crippen LogP) is -0.650. The standard InChI is InChI=1S/C14H28O9Si/c1-3-11(13(16)17)7-10(2)14(18)23-9-12(15)8-22-5-4-6-24(19,20)21/h10-12,15,19-21H,3-9H2,1-2H3,(H,16,17). The van der Waals surface area contributed by atoms with Crippen molar-refractivity contribution < 1.29 is 43.7 Å². The first-order valence-electron chi connectivity index (χ1n) is 7.89. The summed E-state index contributed by atoms with van der Waals surface area (Å²) >= 11 is 0. The molecule has 5 N–H and O–H groups in total. The van der Waals surface area contributed by atoms with Gasteiger partial charge in [0.15, 0.2) is 0 Å². The third kappa shape index (κ3) is 11.5. The third-order valence-electron chi connectivity index (χ3n) is 3.41. The van der Waals surface area contributed by atoms with Crippen LogP contribution in [0.25, 0.3) is 0 Å². The van der Waals surface area contributed by atoms with Gasteiger partial charge in [0.25, 0.3) is 0 Å². The van der Waals surface area contributed by atoms with Crippen molar-refractivity contribution in [3.05, 3.63) is 0 Å². The fraction of sp³-hybridized carbons (Fsp3) is 0.857. The zero-order valence-corrected chi connectivity index (χ0v) is 15.1. The van der Waals surface area contributed by atoms with Crippen LogP contribution in [0.3, 0.4) is 0 Å². The average molecular weight is 368 g/mol. The van der Waals surface area contributed by atoms with Gasteiger partial charge in [-0.05, 0) is 19.3 Å². The van der Waals surface area contributed by atoms with Gasteiger partial charge in [-0.2, -0.15) is 0 Å². The molecule has 0 radical (unpaired) electrons. The zero-order chi connectivity index (χ0) is 18.8. The van der Waals surface area contributed by atoms with E-state index in [-0.39, 0.29) is 38.7 Å². The van der Waals surface area contributed by atoms with Gasteiger partial charge in [-0.15, -0.1) is 0 Å². The molecule has 0 fully saturated rings. The first-order chi connectivity index (χ1) is 11.1. The molecular formula is C14H28O9Si. The lowest BCUT2D eigenvalue weighted by Crippen LogP contribution is -2.34. The molecule has 0 spiro atoms. The molecule has 0 saturated heterocycles. The number of hydrogen-bond acceptors (Lipinski definition) is 8. The second-order valence-corrected chi connectivity index (χ2v) is 7.87. The zero-order valence-electron chi connectivity index (χ0n) is 14.1. The van der Waals surface area contributed by atoms with Crippen LogP contribution in [0.15, 0.2) is 0 Å². The SMILES string of the molecule is CCC(CC(C)C(=O)OCC(O)COCCC[Si](O)(O)O)C(=O)O. The summed E-state index contributed by atoms with van der Waals surface area (Å²) in [6.45, 7) is 3.05. The molecule has 0 aliphatic carbocycles. The molecule has 9 nitrogen and oxygen atoms in total. The Hall–Kier alpha value is -1.04. The summed E-state index contributed by atoms with van der Waals surface area (Å²) in [7, 11) is -4.06. The van der Waals surface area contributed by atoms with Crippen molar-refractivity contribution in [2.24, 2.45) is 11.8 Å². The molecule has 0 aromatic carbocycles. The highest BCUT2D eigenvalue weighted by Gasteiger charge is 2.26. The van der Waals surface area contributed by atoms with Gasteiger partial charge in [-0.3, -0.25) is 9.59 Å². The van der Waals surface area contributed by atoms with Crippen molar-refractivity contribution in [1.29, 1.82) is 0 Å². The van der Waals surface area contributed by atoms with Gasteiger partial charge in [-0.25, -0.2) is 0 Å². The molecule has 0 amide bonds. The van der Waals surface area contributed by atoms with E-state index in [1.54, 1.807) is 13.8 Å². The highest BCUT2D eigenvalue weighted by atomic mass is 28.4. The number of carboxylic acids is 1. The Bertz CT molecular complexity index is 383. The number of carbonyl (C=O) groups is 2. The Morgan fingerprint density at radius 1 is 1.17 bits per heavy atom. The highest BCUT2D eigenvalue weighted by molar-refractivity contribution is 6.56. The monoisotopic (exact) mass is 368 g/mol. The Balaban J connectivity index is 3.90. The summed E-state index contributed by atoms with van der Waals surface area (Å²) in [5.74, 6) is -2.73. The van der Waals surface area contributed by atoms with Crippen LogP contribution in [-0.4, -0.2) is 71.3 Å². The van der Waals surface area contributed by atoms with Crippen molar-refractivity contribution in [3.8, 4) is 0 Å². The second kappa shape index (κ2) is 11.5. The molecule has 0 aromatic rings. The number of carboxylic acid groups (broad SMARTS) is 1. The first kappa shape index (κ1) is 23.0. The lowest BCUT2D eigenvalue weighted by molar-refractivity contribution is -0.153. The fourth-order valence-electron chi connectivity index (χ4n) is 1.96. The Kier molecular flexibility index (Phi) is 11.0. The summed E-state index contributed by atoms with van der Waals surface area (Å²) in [6, 6.07) is -0.155. The minimum atomic E-state index is -4.06. The lowest BCUT2D eigenvalue weighted by atomic mass is 9.94. The van der Waals surface area contributed by atoms with Gasteiger partial charge in [-0.1, -0.05) is 13.8 Å². The first-order valence-corrected chi connectivity index (χ1v) is 9.94. The van der Waals surface area contributed by atoms with Gasteiger partial charge in [0.1, 0.15) is 12.7 Å². The van der Waals surface area contributed by atoms with E-state index in [9.17, 15) is 14.7 Å². The molecule has 0 rings (SSSR count). The lowest BCUT2D eigenvalue weighted by Gasteiger charge is -2.17. The van der Waals surface area contributed by atoms with Gasteiger partial charge < -0.3 is 34.1 Å². The van der Waals surface area contributed by atoms with Crippen LogP contribution in [0.4, 0.5) is 0 Å². The van der Waals surface area contributed by atoms with Crippen LogP contribution in [0.5, 0.6) is 0 Å². The predicted molar refractivity (Wildman–Crippen MR) is 84.8 cm³/mol. The Labute approximate surface area is 142 Å². The van der Waals surface area contributed by atoms with E-state index in [0.29, 0.717) is 6.42 Å². The Morgan fingerprint density at radius 2 is 1.79 bits per heavy atom. The fourth-order valence-corrected chi connectivity index (χ4v) is 2.58. The number of aliphatic hydroxyl groups excluding tert-OH is 1. The van der Waals surface area contributed by atoms with Crippen LogP contribution in [0.2, 0.25) is 6.04 Å². The molecule has 3 atom stereocenters. The number of aliphatic hydroxyl groups is 1. The van der Waals surface area contributed by atoms with Crippen LogP contribution >= 0.6 is 0 Å². The summed E-state index contributed by atoms with van der Waals surface area (Å²) < 4.78 is 9.99. The molecule has 10 heteroatoms. The minimum Gasteiger partial charge on any atom is -0.481 e. The largest absolute Gasteiger partial charge is 0.492 e. The number of aliphatic carboxylic acids is 1. The molecule has 0 aromatic heterocycles. The molecule has 0 saturated carbocycles. The van der Waals surface area contributed by atoms with Gasteiger partial charge >= 0.3 is 20.7 Å². The van der Waals surface area contributed by atoms with E-state index in [1.165, 1.54) is 0 Å².